The van der Waals surface area contributed by atoms with Crippen LogP contribution >= 0.6 is 11.6 Å². The van der Waals surface area contributed by atoms with Gasteiger partial charge in [0.05, 0.1) is 0 Å². The van der Waals surface area contributed by atoms with Gasteiger partial charge in [-0.25, -0.2) is 0 Å². The van der Waals surface area contributed by atoms with Crippen LogP contribution in [0.4, 0.5) is 0 Å². The molecule has 2 aliphatic carbocycles. The minimum absolute atomic E-state index is 0.0738. The molecule has 2 nitrogen and oxygen atoms in total. The molecule has 1 spiro atoms. The van der Waals surface area contributed by atoms with Gasteiger partial charge in [-0.2, -0.15) is 0 Å². The molecule has 0 unspecified atom stereocenters. The number of hydrogen-bond acceptors (Lipinski definition) is 2. The first-order valence-corrected chi connectivity index (χ1v) is 5.96. The maximum absolute atomic E-state index is 11.0. The summed E-state index contributed by atoms with van der Waals surface area (Å²) in [7, 11) is 0. The van der Waals surface area contributed by atoms with Crippen LogP contribution < -0.4 is 0 Å². The summed E-state index contributed by atoms with van der Waals surface area (Å²) in [6.07, 6.45) is 3.19. The second-order valence-electron chi connectivity index (χ2n) is 4.76. The zero-order valence-electron chi connectivity index (χ0n) is 9.13. The van der Waals surface area contributed by atoms with Gasteiger partial charge in [-0.15, -0.1) is 0 Å². The lowest BCUT2D eigenvalue weighted by molar-refractivity contribution is -0.142. The molecule has 0 heterocycles. The summed E-state index contributed by atoms with van der Waals surface area (Å²) in [6.45, 7) is 1.47. The molecule has 0 aromatic heterocycles. The number of benzene rings is 1. The third kappa shape index (κ3) is 1.36. The maximum Gasteiger partial charge on any atom is 0.302 e. The van der Waals surface area contributed by atoms with Gasteiger partial charge in [0.25, 0.3) is 0 Å². The highest BCUT2D eigenvalue weighted by molar-refractivity contribution is 6.30. The van der Waals surface area contributed by atoms with E-state index < -0.39 is 0 Å². The molecule has 84 valence electrons. The third-order valence-corrected chi connectivity index (χ3v) is 4.00. The van der Waals surface area contributed by atoms with Crippen LogP contribution in [0.3, 0.4) is 0 Å². The topological polar surface area (TPSA) is 26.3 Å². The van der Waals surface area contributed by atoms with Gasteiger partial charge < -0.3 is 4.74 Å². The Hall–Kier alpha value is -1.02. The van der Waals surface area contributed by atoms with E-state index in [0.29, 0.717) is 0 Å². The maximum atomic E-state index is 11.0. The smallest absolute Gasteiger partial charge is 0.302 e. The lowest BCUT2D eigenvalue weighted by Crippen LogP contribution is -2.13. The fourth-order valence-corrected chi connectivity index (χ4v) is 3.07. The van der Waals surface area contributed by atoms with Gasteiger partial charge in [0, 0.05) is 17.4 Å². The van der Waals surface area contributed by atoms with E-state index in [1.807, 2.05) is 12.1 Å². The first kappa shape index (κ1) is 10.2. The van der Waals surface area contributed by atoms with Crippen molar-refractivity contribution in [3.8, 4) is 0 Å². The molecular weight excluding hydrogens is 224 g/mol. The van der Waals surface area contributed by atoms with Crippen LogP contribution in [0.5, 0.6) is 0 Å². The molecule has 3 rings (SSSR count). The Kier molecular flexibility index (Phi) is 2.05. The average molecular weight is 237 g/mol. The molecule has 1 aromatic carbocycles. The van der Waals surface area contributed by atoms with Gasteiger partial charge in [0.15, 0.2) is 0 Å². The summed E-state index contributed by atoms with van der Waals surface area (Å²) >= 11 is 6.02. The molecule has 2 atom stereocenters. The molecule has 0 saturated heterocycles. The van der Waals surface area contributed by atoms with Gasteiger partial charge in [-0.05, 0) is 42.5 Å². The van der Waals surface area contributed by atoms with Crippen LogP contribution in [-0.4, -0.2) is 12.1 Å². The van der Waals surface area contributed by atoms with Crippen molar-refractivity contribution in [1.82, 2.24) is 0 Å². The van der Waals surface area contributed by atoms with Crippen LogP contribution in [0.1, 0.15) is 30.9 Å². The molecule has 0 N–H and O–H groups in total. The van der Waals surface area contributed by atoms with Crippen LogP contribution in [0.25, 0.3) is 0 Å². The summed E-state index contributed by atoms with van der Waals surface area (Å²) in [5, 5.41) is 0.772. The van der Waals surface area contributed by atoms with Crippen molar-refractivity contribution in [2.75, 3.05) is 0 Å². The number of carbonyl (C=O) groups excluding carboxylic acids is 1. The van der Waals surface area contributed by atoms with Crippen molar-refractivity contribution in [2.45, 2.75) is 37.7 Å². The summed E-state index contributed by atoms with van der Waals surface area (Å²) in [5.74, 6) is -0.183. The predicted octanol–water partition coefficient (Wildman–Crippen LogP) is 2.86. The molecular formula is C13H13ClO2. The van der Waals surface area contributed by atoms with E-state index in [4.69, 9.17) is 16.3 Å². The van der Waals surface area contributed by atoms with Gasteiger partial charge in [0.1, 0.15) is 6.10 Å². The number of aryl methyl sites for hydroxylation is 1. The number of carbonyl (C=O) groups is 1. The molecule has 16 heavy (non-hydrogen) atoms. The Morgan fingerprint density at radius 1 is 1.56 bits per heavy atom. The van der Waals surface area contributed by atoms with Crippen molar-refractivity contribution in [1.29, 1.82) is 0 Å². The molecule has 0 bridgehead atoms. The Morgan fingerprint density at radius 3 is 3.12 bits per heavy atom. The van der Waals surface area contributed by atoms with E-state index in [2.05, 4.69) is 6.07 Å². The quantitative estimate of drug-likeness (QED) is 0.701. The Labute approximate surface area is 99.6 Å². The number of ether oxygens (including phenoxy) is 1. The molecule has 0 aliphatic heterocycles. The highest BCUT2D eigenvalue weighted by Crippen LogP contribution is 2.58. The number of hydrogen-bond donors (Lipinski definition) is 0. The van der Waals surface area contributed by atoms with Crippen LogP contribution in [0.15, 0.2) is 18.2 Å². The molecule has 2 aliphatic rings. The largest absolute Gasteiger partial charge is 0.462 e. The van der Waals surface area contributed by atoms with Crippen molar-refractivity contribution in [3.05, 3.63) is 34.3 Å². The van der Waals surface area contributed by atoms with Gasteiger partial charge >= 0.3 is 5.97 Å². The fourth-order valence-electron chi connectivity index (χ4n) is 2.90. The summed E-state index contributed by atoms with van der Waals surface area (Å²) < 4.78 is 5.31. The first-order chi connectivity index (χ1) is 7.62. The molecule has 0 amide bonds. The summed E-state index contributed by atoms with van der Waals surface area (Å²) in [6, 6.07) is 6.06. The fraction of sp³-hybridized carbons (Fsp3) is 0.462. The standard InChI is InChI=1S/C13H13ClO2/c1-8(15)16-12-7-13(12)5-4-9-2-3-10(14)6-11(9)13/h2-3,6,12H,4-5,7H2,1H3/t12-,13-/m0/s1. The Morgan fingerprint density at radius 2 is 2.38 bits per heavy atom. The second kappa shape index (κ2) is 3.24. The lowest BCUT2D eigenvalue weighted by atomic mass is 9.98. The van der Waals surface area contributed by atoms with Crippen molar-refractivity contribution in [3.63, 3.8) is 0 Å². The third-order valence-electron chi connectivity index (χ3n) is 3.76. The molecule has 3 heteroatoms. The molecule has 1 saturated carbocycles. The number of halogens is 1. The van der Waals surface area contributed by atoms with Crippen LogP contribution in [0.2, 0.25) is 5.02 Å². The summed E-state index contributed by atoms with van der Waals surface area (Å²) in [5.41, 5.74) is 2.75. The van der Waals surface area contributed by atoms with Crippen LogP contribution in [-0.2, 0) is 21.4 Å². The Bertz CT molecular complexity index is 469. The zero-order chi connectivity index (χ0) is 11.3. The molecule has 0 radical (unpaired) electrons. The number of rotatable bonds is 1. The predicted molar refractivity (Wildman–Crippen MR) is 61.6 cm³/mol. The highest BCUT2D eigenvalue weighted by Gasteiger charge is 2.60. The van der Waals surface area contributed by atoms with E-state index in [-0.39, 0.29) is 17.5 Å². The van der Waals surface area contributed by atoms with Crippen molar-refractivity contribution >= 4 is 17.6 Å². The van der Waals surface area contributed by atoms with Gasteiger partial charge in [0.2, 0.25) is 0 Å². The summed E-state index contributed by atoms with van der Waals surface area (Å²) in [4.78, 5) is 11.0. The highest BCUT2D eigenvalue weighted by atomic mass is 35.5. The van der Waals surface area contributed by atoms with E-state index in [1.165, 1.54) is 18.1 Å². The normalized spacial score (nSPS) is 30.2. The number of esters is 1. The van der Waals surface area contributed by atoms with Crippen molar-refractivity contribution in [2.24, 2.45) is 0 Å². The van der Waals surface area contributed by atoms with E-state index in [1.54, 1.807) is 0 Å². The average Bonchev–Trinajstić information content (AvgIpc) is 2.76. The minimum atomic E-state index is -0.183. The number of fused-ring (bicyclic) bond motifs is 2. The lowest BCUT2D eigenvalue weighted by Gasteiger charge is -2.11. The SMILES string of the molecule is CC(=O)O[C@H]1C[C@]12CCc1ccc(Cl)cc12. The van der Waals surface area contributed by atoms with Crippen molar-refractivity contribution < 1.29 is 9.53 Å². The minimum Gasteiger partial charge on any atom is -0.462 e. The van der Waals surface area contributed by atoms with Gasteiger partial charge in [-0.1, -0.05) is 17.7 Å². The van der Waals surface area contributed by atoms with Crippen LogP contribution in [0, 0.1) is 0 Å². The monoisotopic (exact) mass is 236 g/mol. The van der Waals surface area contributed by atoms with Gasteiger partial charge in [-0.3, -0.25) is 4.79 Å². The first-order valence-electron chi connectivity index (χ1n) is 5.58. The van der Waals surface area contributed by atoms with E-state index in [0.717, 1.165) is 24.3 Å². The molecule has 1 fully saturated rings. The van der Waals surface area contributed by atoms with E-state index in [9.17, 15) is 4.79 Å². The zero-order valence-corrected chi connectivity index (χ0v) is 9.88. The van der Waals surface area contributed by atoms with E-state index >= 15 is 0 Å². The Balaban J connectivity index is 1.93. The second-order valence-corrected chi connectivity index (χ2v) is 5.20. The molecule has 1 aromatic rings.